The highest BCUT2D eigenvalue weighted by atomic mass is 19.1. The number of rotatable bonds is 2. The van der Waals surface area contributed by atoms with Crippen LogP contribution in [0, 0.1) is 5.82 Å². The van der Waals surface area contributed by atoms with Gasteiger partial charge in [-0.1, -0.05) is 0 Å². The number of benzene rings is 1. The van der Waals surface area contributed by atoms with Crippen LogP contribution in [0.4, 0.5) is 4.39 Å². The summed E-state index contributed by atoms with van der Waals surface area (Å²) in [5.74, 6) is 0.632. The summed E-state index contributed by atoms with van der Waals surface area (Å²) in [5, 5.41) is 0. The zero-order valence-electron chi connectivity index (χ0n) is 15.6. The molecule has 1 amide bonds. The van der Waals surface area contributed by atoms with Crippen LogP contribution in [0.15, 0.2) is 48.8 Å². The molecule has 0 aliphatic carbocycles. The van der Waals surface area contributed by atoms with Gasteiger partial charge in [-0.05, 0) is 48.4 Å². The lowest BCUT2D eigenvalue weighted by Gasteiger charge is -2.35. The predicted molar refractivity (Wildman–Crippen MR) is 101 cm³/mol. The molecule has 0 N–H and O–H groups in total. The molecule has 1 aromatic carbocycles. The first-order valence-corrected chi connectivity index (χ1v) is 9.40. The van der Waals surface area contributed by atoms with Crippen molar-refractivity contribution in [2.24, 2.45) is 7.05 Å². The summed E-state index contributed by atoms with van der Waals surface area (Å²) in [6.07, 6.45) is 4.47. The minimum Gasteiger partial charge on any atom is -0.363 e. The largest absolute Gasteiger partial charge is 0.363 e. The molecular weight excluding hydrogens is 359 g/mol. The number of fused-ring (bicyclic) bond motifs is 1. The Morgan fingerprint density at radius 1 is 1.21 bits per heavy atom. The fourth-order valence-electron chi connectivity index (χ4n) is 4.22. The standard InChI is InChI=1S/C21H21FN4O2/c1-24-9-2-3-17(24)20(27)25-10-8-21(13-25)14-26-18(11-23-19(26)12-28-21)15-4-6-16(22)7-5-15/h2-7,9,11H,8,10,12-14H2,1H3/t21-/m1/s1. The molecule has 5 rings (SSSR count). The zero-order chi connectivity index (χ0) is 19.3. The summed E-state index contributed by atoms with van der Waals surface area (Å²) >= 11 is 0. The molecule has 28 heavy (non-hydrogen) atoms. The van der Waals surface area contributed by atoms with Gasteiger partial charge in [0.1, 0.15) is 29.5 Å². The van der Waals surface area contributed by atoms with Crippen molar-refractivity contribution in [1.29, 1.82) is 0 Å². The average molecular weight is 380 g/mol. The van der Waals surface area contributed by atoms with Gasteiger partial charge in [0.2, 0.25) is 0 Å². The van der Waals surface area contributed by atoms with E-state index in [0.29, 0.717) is 31.9 Å². The number of amides is 1. The second kappa shape index (κ2) is 6.31. The van der Waals surface area contributed by atoms with Crippen molar-refractivity contribution in [2.75, 3.05) is 13.1 Å². The second-order valence-electron chi connectivity index (χ2n) is 7.61. The van der Waals surface area contributed by atoms with Gasteiger partial charge in [-0.2, -0.15) is 0 Å². The number of imidazole rings is 1. The van der Waals surface area contributed by atoms with Crippen LogP contribution in [0.3, 0.4) is 0 Å². The SMILES string of the molecule is Cn1cccc1C(=O)N1CC[C@@]2(C1)Cn1c(-c3ccc(F)cc3)cnc1CO2. The molecule has 0 saturated carbocycles. The zero-order valence-corrected chi connectivity index (χ0v) is 15.6. The molecule has 144 valence electrons. The van der Waals surface area contributed by atoms with Crippen molar-refractivity contribution >= 4 is 5.91 Å². The van der Waals surface area contributed by atoms with Gasteiger partial charge in [-0.15, -0.1) is 0 Å². The van der Waals surface area contributed by atoms with Crippen molar-refractivity contribution in [3.63, 3.8) is 0 Å². The van der Waals surface area contributed by atoms with Crippen LogP contribution < -0.4 is 0 Å². The Hall–Kier alpha value is -2.93. The topological polar surface area (TPSA) is 52.3 Å². The van der Waals surface area contributed by atoms with E-state index in [-0.39, 0.29) is 11.7 Å². The highest BCUT2D eigenvalue weighted by molar-refractivity contribution is 5.93. The van der Waals surface area contributed by atoms with Gasteiger partial charge >= 0.3 is 0 Å². The third kappa shape index (κ3) is 2.74. The van der Waals surface area contributed by atoms with Crippen LogP contribution in [-0.4, -0.2) is 43.6 Å². The van der Waals surface area contributed by atoms with Crippen LogP contribution >= 0.6 is 0 Å². The van der Waals surface area contributed by atoms with Crippen LogP contribution in [0.5, 0.6) is 0 Å². The number of aryl methyl sites for hydroxylation is 1. The summed E-state index contributed by atoms with van der Waals surface area (Å²) in [6, 6.07) is 10.2. The summed E-state index contributed by atoms with van der Waals surface area (Å²) in [4.78, 5) is 19.2. The summed E-state index contributed by atoms with van der Waals surface area (Å²) < 4.78 is 23.5. The molecule has 7 heteroatoms. The average Bonchev–Trinajstić information content (AvgIpc) is 3.41. The minimum atomic E-state index is -0.413. The van der Waals surface area contributed by atoms with Gasteiger partial charge in [0.25, 0.3) is 5.91 Å². The van der Waals surface area contributed by atoms with E-state index in [1.165, 1.54) is 12.1 Å². The number of ether oxygens (including phenoxy) is 1. The van der Waals surface area contributed by atoms with E-state index in [9.17, 15) is 9.18 Å². The summed E-state index contributed by atoms with van der Waals surface area (Å²) in [6.45, 7) is 2.26. The molecule has 0 bridgehead atoms. The Bertz CT molecular complexity index is 1040. The molecule has 3 aromatic rings. The molecule has 4 heterocycles. The molecule has 2 aromatic heterocycles. The molecule has 2 aliphatic heterocycles. The number of carbonyl (C=O) groups excluding carboxylic acids is 1. The van der Waals surface area contributed by atoms with E-state index in [1.54, 1.807) is 12.1 Å². The van der Waals surface area contributed by atoms with Crippen molar-refractivity contribution in [2.45, 2.75) is 25.2 Å². The quantitative estimate of drug-likeness (QED) is 0.687. The number of carbonyl (C=O) groups is 1. The number of hydrogen-bond donors (Lipinski definition) is 0. The van der Waals surface area contributed by atoms with Gasteiger partial charge in [-0.3, -0.25) is 4.79 Å². The Morgan fingerprint density at radius 3 is 2.79 bits per heavy atom. The Labute approximate surface area is 162 Å². The van der Waals surface area contributed by atoms with E-state index in [0.717, 1.165) is 23.5 Å². The van der Waals surface area contributed by atoms with Gasteiger partial charge in [-0.25, -0.2) is 9.37 Å². The summed E-state index contributed by atoms with van der Waals surface area (Å²) in [7, 11) is 1.88. The first-order valence-electron chi connectivity index (χ1n) is 9.40. The number of nitrogens with zero attached hydrogens (tertiary/aromatic N) is 4. The van der Waals surface area contributed by atoms with Crippen LogP contribution in [0.25, 0.3) is 11.3 Å². The van der Waals surface area contributed by atoms with Gasteiger partial charge in [0.15, 0.2) is 0 Å². The molecule has 1 fully saturated rings. The van der Waals surface area contributed by atoms with E-state index >= 15 is 0 Å². The Balaban J connectivity index is 1.40. The maximum Gasteiger partial charge on any atom is 0.270 e. The Morgan fingerprint density at radius 2 is 2.04 bits per heavy atom. The van der Waals surface area contributed by atoms with Crippen molar-refractivity contribution < 1.29 is 13.9 Å². The monoisotopic (exact) mass is 380 g/mol. The van der Waals surface area contributed by atoms with Crippen LogP contribution in [-0.2, 0) is 24.9 Å². The molecule has 1 spiro atoms. The molecular formula is C21H21FN4O2. The maximum atomic E-state index is 13.3. The van der Waals surface area contributed by atoms with E-state index in [4.69, 9.17) is 4.74 Å². The van der Waals surface area contributed by atoms with Crippen molar-refractivity contribution in [1.82, 2.24) is 19.0 Å². The third-order valence-electron chi connectivity index (χ3n) is 5.80. The molecule has 2 aliphatic rings. The fraction of sp³-hybridized carbons (Fsp3) is 0.333. The van der Waals surface area contributed by atoms with E-state index in [1.807, 2.05) is 41.0 Å². The first kappa shape index (κ1) is 17.2. The van der Waals surface area contributed by atoms with Gasteiger partial charge in [0, 0.05) is 19.8 Å². The van der Waals surface area contributed by atoms with E-state index < -0.39 is 5.60 Å². The lowest BCUT2D eigenvalue weighted by atomic mass is 10.0. The van der Waals surface area contributed by atoms with Crippen molar-refractivity contribution in [3.05, 3.63) is 66.1 Å². The molecule has 1 saturated heterocycles. The smallest absolute Gasteiger partial charge is 0.270 e. The molecule has 1 atom stereocenters. The number of halogens is 1. The lowest BCUT2D eigenvalue weighted by molar-refractivity contribution is -0.0805. The minimum absolute atomic E-state index is 0.0307. The number of aromatic nitrogens is 3. The fourth-order valence-corrected chi connectivity index (χ4v) is 4.22. The van der Waals surface area contributed by atoms with Gasteiger partial charge < -0.3 is 18.8 Å². The first-order chi connectivity index (χ1) is 13.5. The highest BCUT2D eigenvalue weighted by Gasteiger charge is 2.44. The highest BCUT2D eigenvalue weighted by Crippen LogP contribution is 2.35. The molecule has 6 nitrogen and oxygen atoms in total. The number of hydrogen-bond acceptors (Lipinski definition) is 3. The number of likely N-dealkylation sites (tertiary alicyclic amines) is 1. The normalized spacial score (nSPS) is 21.3. The predicted octanol–water partition coefficient (Wildman–Crippen LogP) is 2.84. The second-order valence-corrected chi connectivity index (χ2v) is 7.61. The van der Waals surface area contributed by atoms with Crippen molar-refractivity contribution in [3.8, 4) is 11.3 Å². The Kier molecular flexibility index (Phi) is 3.87. The molecule has 0 radical (unpaired) electrons. The van der Waals surface area contributed by atoms with Gasteiger partial charge in [0.05, 0.1) is 25.0 Å². The lowest BCUT2D eigenvalue weighted by Crippen LogP contribution is -2.45. The van der Waals surface area contributed by atoms with Crippen LogP contribution in [0.2, 0.25) is 0 Å². The summed E-state index contributed by atoms with van der Waals surface area (Å²) in [5.41, 5.74) is 2.14. The van der Waals surface area contributed by atoms with E-state index in [2.05, 4.69) is 9.55 Å². The maximum absolute atomic E-state index is 13.3. The molecule has 0 unspecified atom stereocenters. The van der Waals surface area contributed by atoms with Crippen LogP contribution in [0.1, 0.15) is 22.7 Å². The third-order valence-corrected chi connectivity index (χ3v) is 5.80.